The highest BCUT2D eigenvalue weighted by Crippen LogP contribution is 2.07. The molecule has 3 aromatic rings. The summed E-state index contributed by atoms with van der Waals surface area (Å²) in [6.07, 6.45) is 6.04. The highest BCUT2D eigenvalue weighted by atomic mass is 15.3. The fourth-order valence-electron chi connectivity index (χ4n) is 2.72. The third-order valence-electron chi connectivity index (χ3n) is 4.12. The first-order chi connectivity index (χ1) is 12.8. The minimum Gasteiger partial charge on any atom is -0.356 e. The minimum atomic E-state index is 0.686. The van der Waals surface area contributed by atoms with Gasteiger partial charge in [-0.3, -0.25) is 4.99 Å². The average molecular weight is 347 g/mol. The smallest absolute Gasteiger partial charge is 0.191 e. The van der Waals surface area contributed by atoms with Crippen molar-refractivity contribution in [1.29, 1.82) is 0 Å². The molecule has 0 amide bonds. The van der Waals surface area contributed by atoms with Crippen molar-refractivity contribution in [1.82, 2.24) is 20.4 Å². The Labute approximate surface area is 154 Å². The molecule has 0 bridgehead atoms. The average Bonchev–Trinajstić information content (AvgIpc) is 3.18. The lowest BCUT2D eigenvalue weighted by molar-refractivity contribution is 0.742. The van der Waals surface area contributed by atoms with Crippen molar-refractivity contribution in [3.8, 4) is 5.69 Å². The van der Waals surface area contributed by atoms with Gasteiger partial charge < -0.3 is 10.6 Å². The third kappa shape index (κ3) is 5.21. The van der Waals surface area contributed by atoms with Gasteiger partial charge in [0.1, 0.15) is 0 Å². The van der Waals surface area contributed by atoms with Crippen molar-refractivity contribution in [3.63, 3.8) is 0 Å². The Morgan fingerprint density at radius 3 is 2.42 bits per heavy atom. The SMILES string of the molecule is CN=C(NCCCc1ccccc1)NCc1cnn(-c2ccccc2)c1. The molecule has 5 nitrogen and oxygen atoms in total. The molecule has 0 saturated heterocycles. The van der Waals surface area contributed by atoms with Crippen LogP contribution in [-0.2, 0) is 13.0 Å². The molecule has 0 unspecified atom stereocenters. The van der Waals surface area contributed by atoms with E-state index in [1.54, 1.807) is 7.05 Å². The van der Waals surface area contributed by atoms with E-state index in [1.165, 1.54) is 5.56 Å². The van der Waals surface area contributed by atoms with Gasteiger partial charge in [-0.1, -0.05) is 48.5 Å². The molecule has 5 heteroatoms. The standard InChI is InChI=1S/C21H25N5/c1-22-21(23-14-8-11-18-9-4-2-5-10-18)24-15-19-16-25-26(17-19)20-12-6-3-7-13-20/h2-7,9-10,12-13,16-17H,8,11,14-15H2,1H3,(H2,22,23,24). The fourth-order valence-corrected chi connectivity index (χ4v) is 2.72. The normalized spacial score (nSPS) is 11.3. The van der Waals surface area contributed by atoms with Gasteiger partial charge in [-0.15, -0.1) is 0 Å². The van der Waals surface area contributed by atoms with E-state index in [0.29, 0.717) is 6.54 Å². The van der Waals surface area contributed by atoms with Crippen LogP contribution >= 0.6 is 0 Å². The summed E-state index contributed by atoms with van der Waals surface area (Å²) in [6, 6.07) is 20.6. The van der Waals surface area contributed by atoms with E-state index < -0.39 is 0 Å². The number of nitrogens with one attached hydrogen (secondary N) is 2. The van der Waals surface area contributed by atoms with E-state index in [0.717, 1.165) is 36.6 Å². The maximum atomic E-state index is 4.42. The second kappa shape index (κ2) is 9.42. The molecule has 0 spiro atoms. The maximum absolute atomic E-state index is 4.42. The molecule has 134 valence electrons. The molecule has 1 aromatic heterocycles. The number of aliphatic imine (C=N–C) groups is 1. The van der Waals surface area contributed by atoms with Crippen LogP contribution in [0.3, 0.4) is 0 Å². The van der Waals surface area contributed by atoms with E-state index in [9.17, 15) is 0 Å². The molecule has 2 aromatic carbocycles. The number of hydrogen-bond donors (Lipinski definition) is 2. The molecule has 3 rings (SSSR count). The van der Waals surface area contributed by atoms with E-state index >= 15 is 0 Å². The van der Waals surface area contributed by atoms with Crippen LogP contribution in [0.1, 0.15) is 17.5 Å². The number of rotatable bonds is 7. The molecule has 0 aliphatic heterocycles. The molecule has 0 aliphatic carbocycles. The molecule has 26 heavy (non-hydrogen) atoms. The van der Waals surface area contributed by atoms with Gasteiger partial charge in [-0.05, 0) is 30.5 Å². The summed E-state index contributed by atoms with van der Waals surface area (Å²) in [5.41, 5.74) is 3.54. The highest BCUT2D eigenvalue weighted by Gasteiger charge is 2.02. The summed E-state index contributed by atoms with van der Waals surface area (Å²) in [4.78, 5) is 4.28. The first-order valence-corrected chi connectivity index (χ1v) is 8.92. The molecule has 0 aliphatic rings. The van der Waals surface area contributed by atoms with Gasteiger partial charge in [-0.25, -0.2) is 4.68 Å². The zero-order valence-electron chi connectivity index (χ0n) is 15.1. The molecule has 0 saturated carbocycles. The van der Waals surface area contributed by atoms with Crippen LogP contribution in [0.15, 0.2) is 78.0 Å². The number of aryl methyl sites for hydroxylation is 1. The van der Waals surface area contributed by atoms with Crippen LogP contribution in [0, 0.1) is 0 Å². The zero-order valence-corrected chi connectivity index (χ0v) is 15.1. The first kappa shape index (κ1) is 17.7. The topological polar surface area (TPSA) is 54.2 Å². The Balaban J connectivity index is 1.42. The number of benzene rings is 2. The van der Waals surface area contributed by atoms with Gasteiger partial charge in [0.25, 0.3) is 0 Å². The highest BCUT2D eigenvalue weighted by molar-refractivity contribution is 5.79. The van der Waals surface area contributed by atoms with Gasteiger partial charge in [0.2, 0.25) is 0 Å². The second-order valence-corrected chi connectivity index (χ2v) is 6.07. The Morgan fingerprint density at radius 2 is 1.69 bits per heavy atom. The quantitative estimate of drug-likeness (QED) is 0.392. The van der Waals surface area contributed by atoms with E-state index in [-0.39, 0.29) is 0 Å². The third-order valence-corrected chi connectivity index (χ3v) is 4.12. The zero-order chi connectivity index (χ0) is 18.0. The number of para-hydroxylation sites is 1. The lowest BCUT2D eigenvalue weighted by atomic mass is 10.1. The van der Waals surface area contributed by atoms with Crippen molar-refractivity contribution in [2.24, 2.45) is 4.99 Å². The minimum absolute atomic E-state index is 0.686. The van der Waals surface area contributed by atoms with Crippen LogP contribution in [0.25, 0.3) is 5.69 Å². The van der Waals surface area contributed by atoms with Gasteiger partial charge in [0.05, 0.1) is 11.9 Å². The molecule has 2 N–H and O–H groups in total. The van der Waals surface area contributed by atoms with Gasteiger partial charge in [0, 0.05) is 31.9 Å². The first-order valence-electron chi connectivity index (χ1n) is 8.92. The van der Waals surface area contributed by atoms with Crippen LogP contribution in [-0.4, -0.2) is 29.3 Å². The number of hydrogen-bond acceptors (Lipinski definition) is 2. The van der Waals surface area contributed by atoms with Gasteiger partial charge in [0.15, 0.2) is 5.96 Å². The van der Waals surface area contributed by atoms with Gasteiger partial charge >= 0.3 is 0 Å². The van der Waals surface area contributed by atoms with Crippen LogP contribution in [0.2, 0.25) is 0 Å². The van der Waals surface area contributed by atoms with Crippen LogP contribution < -0.4 is 10.6 Å². The van der Waals surface area contributed by atoms with Crippen LogP contribution in [0.4, 0.5) is 0 Å². The van der Waals surface area contributed by atoms with Crippen molar-refractivity contribution in [2.75, 3.05) is 13.6 Å². The second-order valence-electron chi connectivity index (χ2n) is 6.07. The van der Waals surface area contributed by atoms with E-state index in [1.807, 2.05) is 53.5 Å². The number of nitrogens with zero attached hydrogens (tertiary/aromatic N) is 3. The Kier molecular flexibility index (Phi) is 6.42. The molecule has 0 atom stereocenters. The van der Waals surface area contributed by atoms with Crippen molar-refractivity contribution in [3.05, 3.63) is 84.2 Å². The van der Waals surface area contributed by atoms with Crippen molar-refractivity contribution in [2.45, 2.75) is 19.4 Å². The summed E-state index contributed by atoms with van der Waals surface area (Å²) in [5.74, 6) is 0.811. The van der Waals surface area contributed by atoms with E-state index in [4.69, 9.17) is 0 Å². The fraction of sp³-hybridized carbons (Fsp3) is 0.238. The summed E-state index contributed by atoms with van der Waals surface area (Å²) < 4.78 is 1.88. The summed E-state index contributed by atoms with van der Waals surface area (Å²) in [7, 11) is 1.79. The molecular weight excluding hydrogens is 322 g/mol. The summed E-state index contributed by atoms with van der Waals surface area (Å²) in [6.45, 7) is 1.57. The van der Waals surface area contributed by atoms with Gasteiger partial charge in [-0.2, -0.15) is 5.10 Å². The summed E-state index contributed by atoms with van der Waals surface area (Å²) in [5, 5.41) is 11.1. The lowest BCUT2D eigenvalue weighted by Crippen LogP contribution is -2.37. The Hall–Kier alpha value is -3.08. The predicted octanol–water partition coefficient (Wildman–Crippen LogP) is 3.17. The Bertz CT molecular complexity index is 809. The van der Waals surface area contributed by atoms with E-state index in [2.05, 4.69) is 45.0 Å². The maximum Gasteiger partial charge on any atom is 0.191 e. The number of aromatic nitrogens is 2. The Morgan fingerprint density at radius 1 is 0.962 bits per heavy atom. The van der Waals surface area contributed by atoms with Crippen molar-refractivity contribution >= 4 is 5.96 Å². The van der Waals surface area contributed by atoms with Crippen molar-refractivity contribution < 1.29 is 0 Å². The number of guanidine groups is 1. The summed E-state index contributed by atoms with van der Waals surface area (Å²) >= 11 is 0. The molecule has 1 heterocycles. The molecular formula is C21H25N5. The lowest BCUT2D eigenvalue weighted by Gasteiger charge is -2.11. The molecule has 0 radical (unpaired) electrons. The largest absolute Gasteiger partial charge is 0.356 e. The van der Waals surface area contributed by atoms with Crippen LogP contribution in [0.5, 0.6) is 0 Å². The predicted molar refractivity (Wildman–Crippen MR) is 107 cm³/mol. The monoisotopic (exact) mass is 347 g/mol. The molecule has 0 fully saturated rings.